The number of ether oxygens (including phenoxy) is 1. The van der Waals surface area contributed by atoms with Crippen molar-refractivity contribution in [2.45, 2.75) is 38.7 Å². The molecule has 0 amide bonds. The van der Waals surface area contributed by atoms with Crippen LogP contribution in [0.3, 0.4) is 0 Å². The molecule has 1 atom stereocenters. The molecular weight excluding hydrogens is 552 g/mol. The molecule has 3 aromatic carbocycles. The van der Waals surface area contributed by atoms with E-state index >= 15 is 4.39 Å². The van der Waals surface area contributed by atoms with E-state index in [1.807, 2.05) is 22.8 Å². The van der Waals surface area contributed by atoms with Gasteiger partial charge in [-0.1, -0.05) is 43.3 Å². The van der Waals surface area contributed by atoms with Gasteiger partial charge < -0.3 is 14.7 Å². The second kappa shape index (κ2) is 12.2. The monoisotopic (exact) mass is 586 g/mol. The van der Waals surface area contributed by atoms with Crippen LogP contribution >= 0.6 is 0 Å². The van der Waals surface area contributed by atoms with Crippen LogP contribution in [0.1, 0.15) is 36.1 Å². The molecule has 4 aromatic rings. The second-order valence-corrected chi connectivity index (χ2v) is 10.5. The Morgan fingerprint density at radius 3 is 2.50 bits per heavy atom. The van der Waals surface area contributed by atoms with Crippen LogP contribution in [0.15, 0.2) is 65.5 Å². The molecule has 1 aliphatic rings. The van der Waals surface area contributed by atoms with Gasteiger partial charge in [0.15, 0.2) is 0 Å². The summed E-state index contributed by atoms with van der Waals surface area (Å²) in [6, 6.07) is 15.0. The summed E-state index contributed by atoms with van der Waals surface area (Å²) >= 11 is 0. The summed E-state index contributed by atoms with van der Waals surface area (Å²) in [6.45, 7) is 4.12. The summed E-state index contributed by atoms with van der Waals surface area (Å²) in [4.78, 5) is 18.0. The van der Waals surface area contributed by atoms with E-state index in [0.717, 1.165) is 11.6 Å². The van der Waals surface area contributed by atoms with Crippen LogP contribution < -0.4 is 15.3 Å². The molecule has 1 aromatic heterocycles. The zero-order valence-electron chi connectivity index (χ0n) is 23.6. The first-order chi connectivity index (χ1) is 20.2. The van der Waals surface area contributed by atoms with Crippen LogP contribution in [-0.4, -0.2) is 59.0 Å². The highest BCUT2D eigenvalue weighted by atomic mass is 19.4. The molecule has 0 unspecified atom stereocenters. The number of nitrogens with zero attached hydrogens (tertiary/aromatic N) is 4. The summed E-state index contributed by atoms with van der Waals surface area (Å²) in [7, 11) is 1.46. The number of para-hydroxylation sites is 2. The molecule has 1 N–H and O–H groups in total. The molecular formula is C31H34F4N4O3. The number of rotatable bonds is 10. The Morgan fingerprint density at radius 2 is 1.79 bits per heavy atom. The highest BCUT2D eigenvalue weighted by Gasteiger charge is 2.35. The molecule has 0 spiro atoms. The average Bonchev–Trinajstić information content (AvgIpc) is 3.54. The minimum absolute atomic E-state index is 0.00579. The Morgan fingerprint density at radius 1 is 1.05 bits per heavy atom. The van der Waals surface area contributed by atoms with Gasteiger partial charge in [0.1, 0.15) is 17.1 Å². The quantitative estimate of drug-likeness (QED) is 0.256. The predicted molar refractivity (Wildman–Crippen MR) is 154 cm³/mol. The van der Waals surface area contributed by atoms with E-state index in [0.29, 0.717) is 61.6 Å². The molecule has 0 radical (unpaired) electrons. The summed E-state index contributed by atoms with van der Waals surface area (Å²) in [5.74, 6) is 0.0102. The van der Waals surface area contributed by atoms with Gasteiger partial charge in [-0.25, -0.2) is 9.18 Å². The van der Waals surface area contributed by atoms with Crippen molar-refractivity contribution in [3.8, 4) is 5.75 Å². The SMILES string of the molecule is CCN(CCO)Cc1cccc(F)c1N1CC[C@@H](n2c(=O)n(Cc3ccccc3C(F)(F)F)c3c(OC)cccc32)C1. The Bertz CT molecular complexity index is 1610. The maximum atomic E-state index is 15.3. The molecule has 0 saturated carbocycles. The lowest BCUT2D eigenvalue weighted by Gasteiger charge is -2.26. The number of aliphatic hydroxyl groups is 1. The molecule has 224 valence electrons. The molecule has 0 bridgehead atoms. The number of hydrogen-bond donors (Lipinski definition) is 1. The highest BCUT2D eigenvalue weighted by molar-refractivity contribution is 5.83. The molecule has 11 heteroatoms. The average molecular weight is 587 g/mol. The van der Waals surface area contributed by atoms with Crippen molar-refractivity contribution in [1.29, 1.82) is 0 Å². The highest BCUT2D eigenvalue weighted by Crippen LogP contribution is 2.36. The zero-order valence-corrected chi connectivity index (χ0v) is 23.6. The van der Waals surface area contributed by atoms with Crippen LogP contribution in [0, 0.1) is 5.82 Å². The normalized spacial score (nSPS) is 15.7. The Hall–Kier alpha value is -3.83. The Kier molecular flexibility index (Phi) is 8.60. The fourth-order valence-corrected chi connectivity index (χ4v) is 6.00. The number of anilines is 1. The predicted octanol–water partition coefficient (Wildman–Crippen LogP) is 5.28. The molecule has 2 heterocycles. The van der Waals surface area contributed by atoms with E-state index in [1.54, 1.807) is 28.8 Å². The largest absolute Gasteiger partial charge is 0.494 e. The van der Waals surface area contributed by atoms with E-state index in [4.69, 9.17) is 4.74 Å². The first-order valence-electron chi connectivity index (χ1n) is 14.0. The fraction of sp³-hybridized carbons (Fsp3) is 0.387. The van der Waals surface area contributed by atoms with Gasteiger partial charge in [0.05, 0.1) is 43.1 Å². The van der Waals surface area contributed by atoms with Crippen molar-refractivity contribution in [3.63, 3.8) is 0 Å². The third-order valence-electron chi connectivity index (χ3n) is 7.99. The van der Waals surface area contributed by atoms with Crippen molar-refractivity contribution >= 4 is 16.7 Å². The number of fused-ring (bicyclic) bond motifs is 1. The van der Waals surface area contributed by atoms with E-state index in [-0.39, 0.29) is 30.6 Å². The summed E-state index contributed by atoms with van der Waals surface area (Å²) < 4.78 is 65.2. The Balaban J connectivity index is 1.54. The van der Waals surface area contributed by atoms with Crippen LogP contribution in [-0.2, 0) is 19.3 Å². The van der Waals surface area contributed by atoms with Crippen LogP contribution in [0.25, 0.3) is 11.0 Å². The second-order valence-electron chi connectivity index (χ2n) is 10.5. The van der Waals surface area contributed by atoms with Gasteiger partial charge in [-0.2, -0.15) is 13.2 Å². The van der Waals surface area contributed by atoms with Gasteiger partial charge in [-0.05, 0) is 48.4 Å². The van der Waals surface area contributed by atoms with Gasteiger partial charge in [0, 0.05) is 26.2 Å². The third-order valence-corrected chi connectivity index (χ3v) is 7.99. The zero-order chi connectivity index (χ0) is 30.0. The summed E-state index contributed by atoms with van der Waals surface area (Å²) in [6.07, 6.45) is -4.03. The van der Waals surface area contributed by atoms with Crippen LogP contribution in [0.5, 0.6) is 5.75 Å². The van der Waals surface area contributed by atoms with Crippen molar-refractivity contribution in [3.05, 3.63) is 93.7 Å². The fourth-order valence-electron chi connectivity index (χ4n) is 6.00. The lowest BCUT2D eigenvalue weighted by molar-refractivity contribution is -0.138. The minimum Gasteiger partial charge on any atom is -0.494 e. The first kappa shape index (κ1) is 29.7. The number of imidazole rings is 1. The number of aliphatic hydroxyl groups excluding tert-OH is 1. The van der Waals surface area contributed by atoms with Crippen LogP contribution in [0.4, 0.5) is 23.2 Å². The molecule has 42 heavy (non-hydrogen) atoms. The van der Waals surface area contributed by atoms with Crippen molar-refractivity contribution in [1.82, 2.24) is 14.0 Å². The van der Waals surface area contributed by atoms with Gasteiger partial charge >= 0.3 is 11.9 Å². The molecule has 7 nitrogen and oxygen atoms in total. The molecule has 1 aliphatic heterocycles. The van der Waals surface area contributed by atoms with E-state index < -0.39 is 17.4 Å². The lowest BCUT2D eigenvalue weighted by Crippen LogP contribution is -2.31. The van der Waals surface area contributed by atoms with Gasteiger partial charge in [0.2, 0.25) is 0 Å². The number of halogens is 4. The number of methoxy groups -OCH3 is 1. The van der Waals surface area contributed by atoms with Crippen LogP contribution in [0.2, 0.25) is 0 Å². The van der Waals surface area contributed by atoms with E-state index in [9.17, 15) is 23.1 Å². The number of aromatic nitrogens is 2. The van der Waals surface area contributed by atoms with Gasteiger partial charge in [-0.3, -0.25) is 14.0 Å². The molecule has 0 aliphatic carbocycles. The van der Waals surface area contributed by atoms with Crippen molar-refractivity contribution < 1.29 is 27.4 Å². The van der Waals surface area contributed by atoms with Crippen molar-refractivity contribution in [2.75, 3.05) is 44.8 Å². The maximum absolute atomic E-state index is 15.3. The molecule has 1 fully saturated rings. The number of alkyl halides is 3. The Labute approximate surface area is 241 Å². The summed E-state index contributed by atoms with van der Waals surface area (Å²) in [5.41, 5.74) is 0.931. The number of likely N-dealkylation sites (N-methyl/N-ethyl adjacent to an activating group) is 1. The molecule has 1 saturated heterocycles. The van der Waals surface area contributed by atoms with Gasteiger partial charge in [-0.15, -0.1) is 0 Å². The number of benzene rings is 3. The van der Waals surface area contributed by atoms with Gasteiger partial charge in [0.25, 0.3) is 0 Å². The minimum atomic E-state index is -4.57. The topological polar surface area (TPSA) is 62.9 Å². The summed E-state index contributed by atoms with van der Waals surface area (Å²) in [5, 5.41) is 9.42. The smallest absolute Gasteiger partial charge is 0.416 e. The van der Waals surface area contributed by atoms with Crippen molar-refractivity contribution in [2.24, 2.45) is 0 Å². The standard InChI is InChI=1S/C31H34F4N4O3/c1-3-36(16-17-40)18-22-9-6-11-25(32)28(22)37-15-14-23(20-37)39-26-12-7-13-27(42-2)29(26)38(30(39)41)19-21-8-4-5-10-24(21)31(33,34)35/h4-13,23,40H,3,14-20H2,1-2H3/t23-/m1/s1. The maximum Gasteiger partial charge on any atom is 0.416 e. The van der Waals surface area contributed by atoms with E-state index in [2.05, 4.69) is 0 Å². The van der Waals surface area contributed by atoms with E-state index in [1.165, 1.54) is 35.9 Å². The first-order valence-corrected chi connectivity index (χ1v) is 14.0. The third kappa shape index (κ3) is 5.63. The lowest BCUT2D eigenvalue weighted by atomic mass is 10.1. The molecule has 5 rings (SSSR count). The number of hydrogen-bond acceptors (Lipinski definition) is 5.